The molecule has 130 valence electrons. The Kier molecular flexibility index (Phi) is 4.50. The third-order valence-electron chi connectivity index (χ3n) is 4.06. The number of thiophene rings is 1. The van der Waals surface area contributed by atoms with Gasteiger partial charge in [-0.1, -0.05) is 6.92 Å². The van der Waals surface area contributed by atoms with Gasteiger partial charge in [0.1, 0.15) is 16.4 Å². The summed E-state index contributed by atoms with van der Waals surface area (Å²) >= 11 is 1.71. The molecular formula is C20H18N4OS. The van der Waals surface area contributed by atoms with Crippen LogP contribution in [0.5, 0.6) is 5.75 Å². The predicted octanol–water partition coefficient (Wildman–Crippen LogP) is 5.07. The summed E-state index contributed by atoms with van der Waals surface area (Å²) in [6.45, 7) is 2.15. The van der Waals surface area contributed by atoms with Crippen LogP contribution in [-0.2, 0) is 6.42 Å². The molecule has 0 bridgehead atoms. The number of nitrogens with one attached hydrogen (secondary N) is 1. The largest absolute Gasteiger partial charge is 0.497 e. The normalized spacial score (nSPS) is 10.8. The standard InChI is InChI=1S/C20H18N4OS/c1-3-16-11-17-19(22-14-6-8-15(25-2)9-7-14)23-18(24-20(17)26-16)13-5-4-10-21-12-13/h4-12H,3H2,1-2H3,(H,22,23,24). The van der Waals surface area contributed by atoms with Gasteiger partial charge in [0.2, 0.25) is 0 Å². The van der Waals surface area contributed by atoms with Gasteiger partial charge in [-0.2, -0.15) is 0 Å². The van der Waals surface area contributed by atoms with Crippen LogP contribution in [0.4, 0.5) is 11.5 Å². The molecule has 0 radical (unpaired) electrons. The summed E-state index contributed by atoms with van der Waals surface area (Å²) in [6.07, 6.45) is 4.51. The molecule has 0 saturated heterocycles. The molecule has 0 aliphatic rings. The number of pyridine rings is 1. The highest BCUT2D eigenvalue weighted by Crippen LogP contribution is 2.33. The van der Waals surface area contributed by atoms with Crippen molar-refractivity contribution in [2.45, 2.75) is 13.3 Å². The lowest BCUT2D eigenvalue weighted by Crippen LogP contribution is -1.98. The number of hydrogen-bond acceptors (Lipinski definition) is 6. The number of benzene rings is 1. The van der Waals surface area contributed by atoms with E-state index in [0.717, 1.165) is 39.5 Å². The molecule has 3 heterocycles. The number of methoxy groups -OCH3 is 1. The fourth-order valence-electron chi connectivity index (χ4n) is 2.68. The Morgan fingerprint density at radius 1 is 1.12 bits per heavy atom. The van der Waals surface area contributed by atoms with Gasteiger partial charge >= 0.3 is 0 Å². The van der Waals surface area contributed by atoms with E-state index in [4.69, 9.17) is 14.7 Å². The van der Waals surface area contributed by atoms with Crippen LogP contribution in [0, 0.1) is 0 Å². The Hall–Kier alpha value is -2.99. The van der Waals surface area contributed by atoms with Crippen LogP contribution in [-0.4, -0.2) is 22.1 Å². The maximum Gasteiger partial charge on any atom is 0.164 e. The summed E-state index contributed by atoms with van der Waals surface area (Å²) in [5.41, 5.74) is 1.85. The molecule has 3 aromatic heterocycles. The third kappa shape index (κ3) is 3.23. The molecule has 0 unspecified atom stereocenters. The quantitative estimate of drug-likeness (QED) is 0.537. The van der Waals surface area contributed by atoms with Gasteiger partial charge in [-0.15, -0.1) is 11.3 Å². The lowest BCUT2D eigenvalue weighted by atomic mass is 10.2. The Balaban J connectivity index is 1.81. The topological polar surface area (TPSA) is 59.9 Å². The summed E-state index contributed by atoms with van der Waals surface area (Å²) in [4.78, 5) is 16.0. The number of nitrogens with zero attached hydrogens (tertiary/aromatic N) is 3. The molecule has 6 heteroatoms. The first kappa shape index (κ1) is 16.5. The third-order valence-corrected chi connectivity index (χ3v) is 5.24. The van der Waals surface area contributed by atoms with E-state index < -0.39 is 0 Å². The summed E-state index contributed by atoms with van der Waals surface area (Å²) in [7, 11) is 1.66. The van der Waals surface area contributed by atoms with Gasteiger partial charge in [0.15, 0.2) is 5.82 Å². The van der Waals surface area contributed by atoms with E-state index in [0.29, 0.717) is 5.82 Å². The highest BCUT2D eigenvalue weighted by molar-refractivity contribution is 7.18. The summed E-state index contributed by atoms with van der Waals surface area (Å²) in [6, 6.07) is 13.8. The Labute approximate surface area is 155 Å². The number of hydrogen-bond donors (Lipinski definition) is 1. The maximum absolute atomic E-state index is 5.23. The molecule has 1 aromatic carbocycles. The van der Waals surface area contributed by atoms with Crippen molar-refractivity contribution >= 4 is 33.1 Å². The minimum absolute atomic E-state index is 0.672. The molecule has 0 aliphatic carbocycles. The lowest BCUT2D eigenvalue weighted by molar-refractivity contribution is 0.415. The van der Waals surface area contributed by atoms with Crippen LogP contribution in [0.15, 0.2) is 54.9 Å². The highest BCUT2D eigenvalue weighted by Gasteiger charge is 2.13. The van der Waals surface area contributed by atoms with Gasteiger partial charge in [0, 0.05) is 28.5 Å². The van der Waals surface area contributed by atoms with Crippen LogP contribution >= 0.6 is 11.3 Å². The average molecular weight is 362 g/mol. The molecule has 1 N–H and O–H groups in total. The van der Waals surface area contributed by atoms with E-state index in [-0.39, 0.29) is 0 Å². The van der Waals surface area contributed by atoms with Gasteiger partial charge < -0.3 is 10.1 Å². The van der Waals surface area contributed by atoms with Gasteiger partial charge in [-0.3, -0.25) is 4.98 Å². The Bertz CT molecular complexity index is 1030. The molecule has 5 nitrogen and oxygen atoms in total. The molecule has 0 aliphatic heterocycles. The van der Waals surface area contributed by atoms with Crippen LogP contribution in [0.25, 0.3) is 21.6 Å². The minimum Gasteiger partial charge on any atom is -0.497 e. The van der Waals surface area contributed by atoms with Crippen molar-refractivity contribution < 1.29 is 4.74 Å². The summed E-state index contributed by atoms with van der Waals surface area (Å²) in [5.74, 6) is 2.30. The van der Waals surface area contributed by atoms with Crippen molar-refractivity contribution in [2.24, 2.45) is 0 Å². The van der Waals surface area contributed by atoms with E-state index >= 15 is 0 Å². The van der Waals surface area contributed by atoms with Crippen molar-refractivity contribution in [1.29, 1.82) is 0 Å². The van der Waals surface area contributed by atoms with Crippen molar-refractivity contribution in [3.8, 4) is 17.1 Å². The zero-order chi connectivity index (χ0) is 17.9. The Morgan fingerprint density at radius 3 is 2.65 bits per heavy atom. The number of aryl methyl sites for hydroxylation is 1. The van der Waals surface area contributed by atoms with E-state index in [1.165, 1.54) is 4.88 Å². The maximum atomic E-state index is 5.23. The van der Waals surface area contributed by atoms with Crippen molar-refractivity contribution in [2.75, 3.05) is 12.4 Å². The first-order chi connectivity index (χ1) is 12.8. The van der Waals surface area contributed by atoms with Crippen LogP contribution < -0.4 is 10.1 Å². The molecular weight excluding hydrogens is 344 g/mol. The summed E-state index contributed by atoms with van der Waals surface area (Å²) in [5, 5.41) is 4.46. The SMILES string of the molecule is CCc1cc2c(Nc3ccc(OC)cc3)nc(-c3cccnc3)nc2s1. The number of rotatable bonds is 5. The van der Waals surface area contributed by atoms with Gasteiger partial charge in [-0.25, -0.2) is 9.97 Å². The second-order valence-electron chi connectivity index (χ2n) is 5.78. The average Bonchev–Trinajstić information content (AvgIpc) is 3.13. The van der Waals surface area contributed by atoms with Crippen LogP contribution in [0.2, 0.25) is 0 Å². The monoisotopic (exact) mass is 362 g/mol. The fraction of sp³-hybridized carbons (Fsp3) is 0.150. The van der Waals surface area contributed by atoms with Crippen LogP contribution in [0.1, 0.15) is 11.8 Å². The molecule has 4 rings (SSSR count). The van der Waals surface area contributed by atoms with E-state index in [1.54, 1.807) is 30.8 Å². The highest BCUT2D eigenvalue weighted by atomic mass is 32.1. The molecule has 0 saturated carbocycles. The first-order valence-electron chi connectivity index (χ1n) is 8.38. The molecule has 0 fully saturated rings. The number of anilines is 2. The zero-order valence-electron chi connectivity index (χ0n) is 14.6. The predicted molar refractivity (Wildman–Crippen MR) is 106 cm³/mol. The van der Waals surface area contributed by atoms with Gasteiger partial charge in [0.25, 0.3) is 0 Å². The van der Waals surface area contributed by atoms with E-state index in [2.05, 4.69) is 23.3 Å². The number of ether oxygens (including phenoxy) is 1. The molecule has 0 amide bonds. The first-order valence-corrected chi connectivity index (χ1v) is 9.20. The zero-order valence-corrected chi connectivity index (χ0v) is 15.4. The number of fused-ring (bicyclic) bond motifs is 1. The van der Waals surface area contributed by atoms with E-state index in [9.17, 15) is 0 Å². The molecule has 0 spiro atoms. The van der Waals surface area contributed by atoms with E-state index in [1.807, 2.05) is 36.4 Å². The number of aromatic nitrogens is 3. The van der Waals surface area contributed by atoms with Gasteiger partial charge in [-0.05, 0) is 48.9 Å². The van der Waals surface area contributed by atoms with Crippen molar-refractivity contribution in [3.05, 3.63) is 59.7 Å². The molecule has 4 aromatic rings. The van der Waals surface area contributed by atoms with Crippen molar-refractivity contribution in [3.63, 3.8) is 0 Å². The Morgan fingerprint density at radius 2 is 1.96 bits per heavy atom. The summed E-state index contributed by atoms with van der Waals surface area (Å²) < 4.78 is 5.23. The minimum atomic E-state index is 0.672. The van der Waals surface area contributed by atoms with Gasteiger partial charge in [0.05, 0.1) is 12.5 Å². The smallest absolute Gasteiger partial charge is 0.164 e. The second kappa shape index (κ2) is 7.09. The van der Waals surface area contributed by atoms with Crippen LogP contribution in [0.3, 0.4) is 0 Å². The lowest BCUT2D eigenvalue weighted by Gasteiger charge is -2.09. The van der Waals surface area contributed by atoms with Crippen molar-refractivity contribution in [1.82, 2.24) is 15.0 Å². The molecule has 26 heavy (non-hydrogen) atoms. The molecule has 0 atom stereocenters. The second-order valence-corrected chi connectivity index (χ2v) is 6.89. The fourth-order valence-corrected chi connectivity index (χ4v) is 3.64.